The molecule has 0 aromatic heterocycles. The third kappa shape index (κ3) is 4.38. The maximum Gasteiger partial charge on any atom is 0.312 e. The quantitative estimate of drug-likeness (QED) is 0.774. The number of hydrogen-bond acceptors (Lipinski definition) is 3. The van der Waals surface area contributed by atoms with Crippen LogP contribution in [0.15, 0.2) is 30.3 Å². The molecule has 2 aliphatic heterocycles. The Morgan fingerprint density at radius 3 is 2.08 bits per heavy atom. The molecule has 2 saturated heterocycles. The normalized spacial score (nSPS) is 19.1. The third-order valence-electron chi connectivity index (χ3n) is 4.90. The Kier molecular flexibility index (Phi) is 5.68. The summed E-state index contributed by atoms with van der Waals surface area (Å²) in [5.41, 5.74) is 0.998. The number of carbonyl (C=O) groups is 3. The van der Waals surface area contributed by atoms with E-state index in [-0.39, 0.29) is 12.5 Å². The lowest BCUT2D eigenvalue weighted by atomic mass is 10.2. The molecule has 2 fully saturated rings. The summed E-state index contributed by atoms with van der Waals surface area (Å²) in [7, 11) is 0. The van der Waals surface area contributed by atoms with Crippen molar-refractivity contribution in [3.05, 3.63) is 35.9 Å². The number of hydrogen-bond donors (Lipinski definition) is 0. The zero-order valence-corrected chi connectivity index (χ0v) is 14.5. The van der Waals surface area contributed by atoms with Gasteiger partial charge in [0.25, 0.3) is 0 Å². The predicted molar refractivity (Wildman–Crippen MR) is 93.5 cm³/mol. The van der Waals surface area contributed by atoms with Gasteiger partial charge in [-0.2, -0.15) is 0 Å². The molecule has 2 heterocycles. The molecule has 6 nitrogen and oxygen atoms in total. The fraction of sp³-hybridized carbons (Fsp3) is 0.526. The van der Waals surface area contributed by atoms with Gasteiger partial charge in [-0.3, -0.25) is 14.4 Å². The van der Waals surface area contributed by atoms with E-state index in [9.17, 15) is 14.4 Å². The van der Waals surface area contributed by atoms with E-state index in [1.54, 1.807) is 4.90 Å². The topological polar surface area (TPSA) is 60.9 Å². The van der Waals surface area contributed by atoms with Gasteiger partial charge in [-0.25, -0.2) is 0 Å². The van der Waals surface area contributed by atoms with Crippen molar-refractivity contribution in [2.45, 2.75) is 32.2 Å². The maximum atomic E-state index is 12.5. The molecule has 6 heteroatoms. The molecule has 0 atom stereocenters. The van der Waals surface area contributed by atoms with Gasteiger partial charge in [0.15, 0.2) is 0 Å². The highest BCUT2D eigenvalue weighted by Gasteiger charge is 2.34. The number of likely N-dealkylation sites (tertiary alicyclic amines) is 1. The molecule has 0 bridgehead atoms. The Morgan fingerprint density at radius 1 is 0.800 bits per heavy atom. The monoisotopic (exact) mass is 343 g/mol. The summed E-state index contributed by atoms with van der Waals surface area (Å²) in [5.74, 6) is -1.12. The smallest absolute Gasteiger partial charge is 0.312 e. The van der Waals surface area contributed by atoms with Gasteiger partial charge in [0, 0.05) is 32.7 Å². The average molecular weight is 343 g/mol. The molecule has 3 amide bonds. The molecule has 2 aliphatic rings. The van der Waals surface area contributed by atoms with Crippen molar-refractivity contribution in [2.75, 3.05) is 32.7 Å². The molecule has 0 aliphatic carbocycles. The van der Waals surface area contributed by atoms with E-state index in [1.807, 2.05) is 35.2 Å². The SMILES string of the molecule is O=C(CN1CCN(Cc2ccccc2)C(=O)C1=O)N1CCCCCC1. The van der Waals surface area contributed by atoms with Crippen molar-refractivity contribution < 1.29 is 14.4 Å². The van der Waals surface area contributed by atoms with Gasteiger partial charge in [-0.1, -0.05) is 43.2 Å². The second-order valence-corrected chi connectivity index (χ2v) is 6.73. The number of benzene rings is 1. The average Bonchev–Trinajstić information content (AvgIpc) is 2.92. The summed E-state index contributed by atoms with van der Waals surface area (Å²) >= 11 is 0. The molecule has 25 heavy (non-hydrogen) atoms. The molecule has 1 aromatic rings. The second-order valence-electron chi connectivity index (χ2n) is 6.73. The van der Waals surface area contributed by atoms with Gasteiger partial charge in [-0.05, 0) is 18.4 Å². The van der Waals surface area contributed by atoms with Crippen LogP contribution < -0.4 is 0 Å². The van der Waals surface area contributed by atoms with Crippen LogP contribution in [0.25, 0.3) is 0 Å². The van der Waals surface area contributed by atoms with Crippen LogP contribution in [0.3, 0.4) is 0 Å². The molecule has 0 N–H and O–H groups in total. The molecule has 0 radical (unpaired) electrons. The third-order valence-corrected chi connectivity index (χ3v) is 4.90. The van der Waals surface area contributed by atoms with Gasteiger partial charge in [-0.15, -0.1) is 0 Å². The van der Waals surface area contributed by atoms with E-state index in [2.05, 4.69) is 0 Å². The van der Waals surface area contributed by atoms with E-state index in [1.165, 1.54) is 4.90 Å². The van der Waals surface area contributed by atoms with Crippen LogP contribution >= 0.6 is 0 Å². The first kappa shape index (κ1) is 17.5. The highest BCUT2D eigenvalue weighted by molar-refractivity contribution is 6.35. The number of nitrogens with zero attached hydrogens (tertiary/aromatic N) is 3. The van der Waals surface area contributed by atoms with Crippen molar-refractivity contribution in [1.82, 2.24) is 14.7 Å². The fourth-order valence-corrected chi connectivity index (χ4v) is 3.40. The lowest BCUT2D eigenvalue weighted by Crippen LogP contribution is -2.56. The minimum atomic E-state index is -0.564. The standard InChI is InChI=1S/C19H25N3O3/c23-17(20-10-6-1-2-7-11-20)15-22-13-12-21(18(24)19(22)25)14-16-8-4-3-5-9-16/h3-5,8-9H,1-2,6-7,10-15H2. The lowest BCUT2D eigenvalue weighted by Gasteiger charge is -2.34. The number of rotatable bonds is 4. The first-order valence-electron chi connectivity index (χ1n) is 9.05. The molecule has 0 saturated carbocycles. The van der Waals surface area contributed by atoms with Crippen LogP contribution in [0.4, 0.5) is 0 Å². The molecular weight excluding hydrogens is 318 g/mol. The zero-order chi connectivity index (χ0) is 17.6. The van der Waals surface area contributed by atoms with Crippen molar-refractivity contribution in [3.8, 4) is 0 Å². The van der Waals surface area contributed by atoms with Gasteiger partial charge in [0.05, 0.1) is 0 Å². The van der Waals surface area contributed by atoms with Gasteiger partial charge < -0.3 is 14.7 Å². The summed E-state index contributed by atoms with van der Waals surface area (Å²) in [6.07, 6.45) is 4.34. The molecule has 134 valence electrons. The predicted octanol–water partition coefficient (Wildman–Crippen LogP) is 1.26. The number of amides is 3. The summed E-state index contributed by atoms with van der Waals surface area (Å²) in [6, 6.07) is 9.62. The number of piperazine rings is 1. The van der Waals surface area contributed by atoms with Crippen LogP contribution in [-0.4, -0.2) is 65.1 Å². The number of carbonyl (C=O) groups excluding carboxylic acids is 3. The minimum absolute atomic E-state index is 0.0176. The lowest BCUT2D eigenvalue weighted by molar-refractivity contribution is -0.158. The molecule has 0 unspecified atom stereocenters. The Labute approximate surface area is 148 Å². The van der Waals surface area contributed by atoms with Crippen LogP contribution in [0.1, 0.15) is 31.2 Å². The van der Waals surface area contributed by atoms with Crippen LogP contribution in [0.5, 0.6) is 0 Å². The summed E-state index contributed by atoms with van der Waals surface area (Å²) in [4.78, 5) is 42.0. The maximum absolute atomic E-state index is 12.5. The fourth-order valence-electron chi connectivity index (χ4n) is 3.40. The summed E-state index contributed by atoms with van der Waals surface area (Å²) in [6.45, 7) is 2.84. The van der Waals surface area contributed by atoms with E-state index in [0.717, 1.165) is 44.3 Å². The van der Waals surface area contributed by atoms with Crippen LogP contribution in [-0.2, 0) is 20.9 Å². The first-order chi connectivity index (χ1) is 12.1. The summed E-state index contributed by atoms with van der Waals surface area (Å²) in [5, 5.41) is 0. The molecule has 0 spiro atoms. The van der Waals surface area contributed by atoms with E-state index >= 15 is 0 Å². The Hall–Kier alpha value is -2.37. The van der Waals surface area contributed by atoms with Gasteiger partial charge in [0.2, 0.25) is 5.91 Å². The molecule has 3 rings (SSSR count). The van der Waals surface area contributed by atoms with E-state index in [0.29, 0.717) is 19.6 Å². The van der Waals surface area contributed by atoms with E-state index in [4.69, 9.17) is 0 Å². The Balaban J connectivity index is 1.56. The van der Waals surface area contributed by atoms with Crippen LogP contribution in [0.2, 0.25) is 0 Å². The Bertz CT molecular complexity index is 624. The molecular formula is C19H25N3O3. The summed E-state index contributed by atoms with van der Waals surface area (Å²) < 4.78 is 0. The molecule has 1 aromatic carbocycles. The minimum Gasteiger partial charge on any atom is -0.341 e. The highest BCUT2D eigenvalue weighted by Crippen LogP contribution is 2.13. The van der Waals surface area contributed by atoms with Crippen molar-refractivity contribution >= 4 is 17.7 Å². The van der Waals surface area contributed by atoms with Gasteiger partial charge in [0.1, 0.15) is 6.54 Å². The second kappa shape index (κ2) is 8.14. The van der Waals surface area contributed by atoms with E-state index < -0.39 is 11.8 Å². The highest BCUT2D eigenvalue weighted by atomic mass is 16.2. The largest absolute Gasteiger partial charge is 0.341 e. The van der Waals surface area contributed by atoms with Crippen LogP contribution in [0, 0.1) is 0 Å². The first-order valence-corrected chi connectivity index (χ1v) is 9.05. The Morgan fingerprint density at radius 2 is 1.40 bits per heavy atom. The van der Waals surface area contributed by atoms with Crippen molar-refractivity contribution in [3.63, 3.8) is 0 Å². The van der Waals surface area contributed by atoms with Crippen molar-refractivity contribution in [2.24, 2.45) is 0 Å². The van der Waals surface area contributed by atoms with Crippen molar-refractivity contribution in [1.29, 1.82) is 0 Å². The van der Waals surface area contributed by atoms with Gasteiger partial charge >= 0.3 is 11.8 Å². The zero-order valence-electron chi connectivity index (χ0n) is 14.5.